The standard InChI is InChI=1S/C18H17BrF3N3O2/c19-13-3-1-11(2-4-13)16(26)17(27)24-14-5-6-25(10-14)15-7-12(8-23-9-15)18(20,21)22/h1-4,7-9,14,16,26H,5-6,10H2,(H,24,27)/t14-,16?/m1/s1. The van der Waals surface area contributed by atoms with Crippen molar-refractivity contribution in [1.29, 1.82) is 0 Å². The Morgan fingerprint density at radius 1 is 1.30 bits per heavy atom. The van der Waals surface area contributed by atoms with Gasteiger partial charge in [0.05, 0.1) is 17.4 Å². The SMILES string of the molecule is O=C(N[C@@H]1CCN(c2cncc(C(F)(F)F)c2)C1)C(O)c1ccc(Br)cc1. The number of nitrogens with one attached hydrogen (secondary N) is 1. The van der Waals surface area contributed by atoms with E-state index in [1.165, 1.54) is 6.20 Å². The Morgan fingerprint density at radius 2 is 2.00 bits per heavy atom. The quantitative estimate of drug-likeness (QED) is 0.760. The Bertz CT molecular complexity index is 814. The summed E-state index contributed by atoms with van der Waals surface area (Å²) in [6.07, 6.45) is -3.04. The molecule has 2 atom stereocenters. The fraction of sp³-hybridized carbons (Fsp3) is 0.333. The topological polar surface area (TPSA) is 65.5 Å². The number of hydrogen-bond donors (Lipinski definition) is 2. The summed E-state index contributed by atoms with van der Waals surface area (Å²) < 4.78 is 39.3. The van der Waals surface area contributed by atoms with E-state index in [1.54, 1.807) is 29.2 Å². The van der Waals surface area contributed by atoms with Crippen LogP contribution in [0.25, 0.3) is 0 Å². The molecular formula is C18H17BrF3N3O2. The molecule has 3 rings (SSSR count). The van der Waals surface area contributed by atoms with Gasteiger partial charge < -0.3 is 15.3 Å². The molecule has 0 saturated carbocycles. The van der Waals surface area contributed by atoms with Crippen molar-refractivity contribution in [3.8, 4) is 0 Å². The number of halogens is 4. The second-order valence-electron chi connectivity index (χ2n) is 6.32. The van der Waals surface area contributed by atoms with Gasteiger partial charge in [-0.3, -0.25) is 9.78 Å². The molecule has 144 valence electrons. The van der Waals surface area contributed by atoms with Crippen LogP contribution in [0.15, 0.2) is 47.2 Å². The maximum Gasteiger partial charge on any atom is 0.417 e. The van der Waals surface area contributed by atoms with Crippen LogP contribution < -0.4 is 10.2 Å². The summed E-state index contributed by atoms with van der Waals surface area (Å²) in [5, 5.41) is 12.9. The molecule has 2 heterocycles. The number of aromatic nitrogens is 1. The van der Waals surface area contributed by atoms with Crippen LogP contribution in [0.3, 0.4) is 0 Å². The van der Waals surface area contributed by atoms with Crippen molar-refractivity contribution in [3.05, 3.63) is 58.3 Å². The first kappa shape index (κ1) is 19.6. The molecular weight excluding hydrogens is 427 g/mol. The third kappa shape index (κ3) is 4.78. The molecule has 1 fully saturated rings. The zero-order valence-electron chi connectivity index (χ0n) is 14.1. The molecule has 2 N–H and O–H groups in total. The van der Waals surface area contributed by atoms with Gasteiger partial charge >= 0.3 is 6.18 Å². The summed E-state index contributed by atoms with van der Waals surface area (Å²) in [6, 6.07) is 7.52. The summed E-state index contributed by atoms with van der Waals surface area (Å²) in [5.41, 5.74) is 0.0146. The molecule has 1 amide bonds. The van der Waals surface area contributed by atoms with Crippen LogP contribution in [0.5, 0.6) is 0 Å². The molecule has 1 aliphatic rings. The van der Waals surface area contributed by atoms with Crippen molar-refractivity contribution in [1.82, 2.24) is 10.3 Å². The normalized spacial score (nSPS) is 18.4. The van der Waals surface area contributed by atoms with E-state index in [9.17, 15) is 23.1 Å². The Balaban J connectivity index is 1.61. The van der Waals surface area contributed by atoms with Crippen LogP contribution in [0.4, 0.5) is 18.9 Å². The number of nitrogens with zero attached hydrogens (tertiary/aromatic N) is 2. The summed E-state index contributed by atoms with van der Waals surface area (Å²) in [5.74, 6) is -0.536. The number of amides is 1. The maximum atomic E-state index is 12.8. The molecule has 5 nitrogen and oxygen atoms in total. The Kier molecular flexibility index (Phi) is 5.71. The van der Waals surface area contributed by atoms with E-state index >= 15 is 0 Å². The highest BCUT2D eigenvalue weighted by Gasteiger charge is 2.33. The van der Waals surface area contributed by atoms with E-state index in [-0.39, 0.29) is 6.04 Å². The van der Waals surface area contributed by atoms with Crippen molar-refractivity contribution >= 4 is 27.5 Å². The highest BCUT2D eigenvalue weighted by Crippen LogP contribution is 2.31. The first-order valence-electron chi connectivity index (χ1n) is 8.25. The maximum absolute atomic E-state index is 12.8. The van der Waals surface area contributed by atoms with Gasteiger partial charge in [-0.2, -0.15) is 13.2 Å². The van der Waals surface area contributed by atoms with E-state index < -0.39 is 23.8 Å². The van der Waals surface area contributed by atoms with Crippen molar-refractivity contribution in [3.63, 3.8) is 0 Å². The lowest BCUT2D eigenvalue weighted by Crippen LogP contribution is -2.39. The van der Waals surface area contributed by atoms with E-state index in [2.05, 4.69) is 26.2 Å². The summed E-state index contributed by atoms with van der Waals surface area (Å²) >= 11 is 3.29. The number of anilines is 1. The lowest BCUT2D eigenvalue weighted by Gasteiger charge is -2.20. The van der Waals surface area contributed by atoms with Crippen LogP contribution in [-0.4, -0.2) is 35.1 Å². The van der Waals surface area contributed by atoms with Gasteiger partial charge in [0.1, 0.15) is 0 Å². The van der Waals surface area contributed by atoms with Crippen molar-refractivity contribution < 1.29 is 23.1 Å². The van der Waals surface area contributed by atoms with Gasteiger partial charge in [0.2, 0.25) is 0 Å². The number of aliphatic hydroxyl groups excluding tert-OH is 1. The Labute approximate surface area is 162 Å². The Morgan fingerprint density at radius 3 is 2.67 bits per heavy atom. The number of benzene rings is 1. The minimum Gasteiger partial charge on any atom is -0.378 e. The molecule has 1 aromatic heterocycles. The number of alkyl halides is 3. The number of carbonyl (C=O) groups excluding carboxylic acids is 1. The van der Waals surface area contributed by atoms with Crippen molar-refractivity contribution in [2.24, 2.45) is 0 Å². The minimum absolute atomic E-state index is 0.267. The number of carbonyl (C=O) groups is 1. The largest absolute Gasteiger partial charge is 0.417 e. The van der Waals surface area contributed by atoms with Crippen LogP contribution in [-0.2, 0) is 11.0 Å². The van der Waals surface area contributed by atoms with E-state index in [0.717, 1.165) is 16.7 Å². The fourth-order valence-electron chi connectivity index (χ4n) is 2.94. The average Bonchev–Trinajstić information content (AvgIpc) is 3.09. The van der Waals surface area contributed by atoms with Crippen LogP contribution >= 0.6 is 15.9 Å². The van der Waals surface area contributed by atoms with E-state index in [4.69, 9.17) is 0 Å². The number of pyridine rings is 1. The van der Waals surface area contributed by atoms with Crippen LogP contribution in [0.2, 0.25) is 0 Å². The predicted octanol–water partition coefficient (Wildman–Crippen LogP) is 3.29. The molecule has 0 spiro atoms. The van der Waals surface area contributed by atoms with Gasteiger partial charge in [-0.05, 0) is 30.2 Å². The lowest BCUT2D eigenvalue weighted by molar-refractivity contribution is -0.137. The zero-order valence-corrected chi connectivity index (χ0v) is 15.7. The van der Waals surface area contributed by atoms with Crippen molar-refractivity contribution in [2.75, 3.05) is 18.0 Å². The predicted molar refractivity (Wildman–Crippen MR) is 97.1 cm³/mol. The number of rotatable bonds is 4. The van der Waals surface area contributed by atoms with Gasteiger partial charge in [-0.25, -0.2) is 0 Å². The molecule has 27 heavy (non-hydrogen) atoms. The van der Waals surface area contributed by atoms with E-state index in [1.807, 2.05) is 0 Å². The molecule has 0 aliphatic carbocycles. The summed E-state index contributed by atoms with van der Waals surface area (Å²) in [6.45, 7) is 0.837. The molecule has 1 unspecified atom stereocenters. The molecule has 9 heteroatoms. The van der Waals surface area contributed by atoms with Crippen LogP contribution in [0.1, 0.15) is 23.7 Å². The molecule has 1 aliphatic heterocycles. The van der Waals surface area contributed by atoms with Crippen molar-refractivity contribution in [2.45, 2.75) is 24.7 Å². The van der Waals surface area contributed by atoms with Gasteiger partial charge in [0, 0.05) is 29.8 Å². The Hall–Kier alpha value is -2.13. The van der Waals surface area contributed by atoms with Crippen LogP contribution in [0, 0.1) is 0 Å². The first-order chi connectivity index (χ1) is 12.7. The average molecular weight is 444 g/mol. The molecule has 0 radical (unpaired) electrons. The monoisotopic (exact) mass is 443 g/mol. The summed E-state index contributed by atoms with van der Waals surface area (Å²) in [4.78, 5) is 17.7. The molecule has 1 aromatic carbocycles. The number of hydrogen-bond acceptors (Lipinski definition) is 4. The van der Waals surface area contributed by atoms with E-state index in [0.29, 0.717) is 30.8 Å². The zero-order chi connectivity index (χ0) is 19.6. The molecule has 2 aromatic rings. The highest BCUT2D eigenvalue weighted by atomic mass is 79.9. The third-order valence-electron chi connectivity index (χ3n) is 4.39. The van der Waals surface area contributed by atoms with Gasteiger partial charge in [-0.1, -0.05) is 28.1 Å². The van der Waals surface area contributed by atoms with Gasteiger partial charge in [0.15, 0.2) is 6.10 Å². The van der Waals surface area contributed by atoms with Gasteiger partial charge in [-0.15, -0.1) is 0 Å². The summed E-state index contributed by atoms with van der Waals surface area (Å²) in [7, 11) is 0. The first-order valence-corrected chi connectivity index (χ1v) is 9.04. The lowest BCUT2D eigenvalue weighted by atomic mass is 10.1. The molecule has 1 saturated heterocycles. The highest BCUT2D eigenvalue weighted by molar-refractivity contribution is 9.10. The van der Waals surface area contributed by atoms with Gasteiger partial charge in [0.25, 0.3) is 5.91 Å². The fourth-order valence-corrected chi connectivity index (χ4v) is 3.21. The minimum atomic E-state index is -4.45. The number of aliphatic hydroxyl groups is 1. The smallest absolute Gasteiger partial charge is 0.378 e. The molecule has 0 bridgehead atoms. The second-order valence-corrected chi connectivity index (χ2v) is 7.24. The third-order valence-corrected chi connectivity index (χ3v) is 4.91. The second kappa shape index (κ2) is 7.85.